The Morgan fingerprint density at radius 3 is 2.47 bits per heavy atom. The number of hydrogen-bond acceptors (Lipinski definition) is 3. The highest BCUT2D eigenvalue weighted by Gasteiger charge is 2.12. The zero-order chi connectivity index (χ0) is 13.8. The molecule has 1 heterocycles. The minimum atomic E-state index is -0.354. The van der Waals surface area contributed by atoms with E-state index in [-0.39, 0.29) is 11.4 Å². The van der Waals surface area contributed by atoms with Gasteiger partial charge in [-0.1, -0.05) is 11.6 Å². The molecule has 0 amide bonds. The Balaban J connectivity index is 2.32. The molecule has 3 nitrogen and oxygen atoms in total. The van der Waals surface area contributed by atoms with Crippen molar-refractivity contribution in [2.24, 2.45) is 0 Å². The monoisotopic (exact) mass is 271 g/mol. The van der Waals surface area contributed by atoms with Crippen molar-refractivity contribution < 1.29 is 9.21 Å². The first-order valence-corrected chi connectivity index (χ1v) is 5.96. The molecule has 2 rings (SSSR count). The van der Waals surface area contributed by atoms with Gasteiger partial charge in [0.15, 0.2) is 0 Å². The Morgan fingerprint density at radius 2 is 1.95 bits per heavy atom. The molecular formula is C15H10ClNO2. The third kappa shape index (κ3) is 3.12. The number of carbonyl (C=O) groups is 1. The van der Waals surface area contributed by atoms with Gasteiger partial charge < -0.3 is 4.42 Å². The Morgan fingerprint density at radius 1 is 1.26 bits per heavy atom. The van der Waals surface area contributed by atoms with E-state index in [1.165, 1.54) is 6.08 Å². The van der Waals surface area contributed by atoms with Crippen molar-refractivity contribution in [3.63, 3.8) is 0 Å². The van der Waals surface area contributed by atoms with E-state index in [2.05, 4.69) is 0 Å². The minimum Gasteiger partial charge on any atom is -0.462 e. The van der Waals surface area contributed by atoms with Crippen LogP contribution in [-0.4, -0.2) is 5.78 Å². The van der Waals surface area contributed by atoms with E-state index in [0.29, 0.717) is 16.3 Å². The molecule has 4 heteroatoms. The third-order valence-electron chi connectivity index (χ3n) is 2.52. The number of nitrogens with zero attached hydrogens (tertiary/aromatic N) is 1. The fourth-order valence-corrected chi connectivity index (χ4v) is 1.70. The molecular weight excluding hydrogens is 262 g/mol. The average molecular weight is 272 g/mol. The topological polar surface area (TPSA) is 54.0 Å². The molecule has 1 aromatic heterocycles. The first-order chi connectivity index (χ1) is 9.10. The molecule has 2 aromatic rings. The lowest BCUT2D eigenvalue weighted by molar-refractivity contribution is 0.104. The highest BCUT2D eigenvalue weighted by atomic mass is 35.5. The van der Waals surface area contributed by atoms with E-state index < -0.39 is 0 Å². The predicted octanol–water partition coefficient (Wildman–Crippen LogP) is 4.03. The molecule has 0 aliphatic heterocycles. The first-order valence-electron chi connectivity index (χ1n) is 5.58. The van der Waals surface area contributed by atoms with Crippen LogP contribution in [0.15, 0.2) is 46.4 Å². The van der Waals surface area contributed by atoms with E-state index in [4.69, 9.17) is 21.3 Å². The quantitative estimate of drug-likeness (QED) is 0.481. The number of halogens is 1. The first kappa shape index (κ1) is 13.1. The number of nitriles is 1. The summed E-state index contributed by atoms with van der Waals surface area (Å²) in [7, 11) is 0. The van der Waals surface area contributed by atoms with Gasteiger partial charge in [0.1, 0.15) is 23.2 Å². The molecule has 0 aliphatic rings. The molecule has 0 N–H and O–H groups in total. The van der Waals surface area contributed by atoms with E-state index in [1.807, 2.05) is 6.07 Å². The van der Waals surface area contributed by atoms with Gasteiger partial charge in [-0.2, -0.15) is 5.26 Å². The lowest BCUT2D eigenvalue weighted by atomic mass is 10.0. The number of Topliss-reactive ketones (excluding diaryl/α,β-unsaturated/α-hetero) is 1. The van der Waals surface area contributed by atoms with Crippen LogP contribution in [-0.2, 0) is 0 Å². The van der Waals surface area contributed by atoms with Gasteiger partial charge in [0.2, 0.25) is 5.78 Å². The Hall–Kier alpha value is -2.31. The number of aryl methyl sites for hydroxylation is 1. The van der Waals surface area contributed by atoms with Gasteiger partial charge in [-0.25, -0.2) is 0 Å². The molecule has 94 valence electrons. The largest absolute Gasteiger partial charge is 0.462 e. The number of hydrogen-bond donors (Lipinski definition) is 0. The van der Waals surface area contributed by atoms with Gasteiger partial charge in [0, 0.05) is 16.7 Å². The fourth-order valence-electron chi connectivity index (χ4n) is 1.58. The summed E-state index contributed by atoms with van der Waals surface area (Å²) in [5, 5.41) is 9.62. The number of allylic oxidation sites excluding steroid dienone is 1. The highest BCUT2D eigenvalue weighted by molar-refractivity contribution is 6.30. The van der Waals surface area contributed by atoms with Gasteiger partial charge in [-0.3, -0.25) is 4.79 Å². The summed E-state index contributed by atoms with van der Waals surface area (Å²) in [6.45, 7) is 1.80. The Labute approximate surface area is 115 Å². The second-order valence-electron chi connectivity index (χ2n) is 3.95. The molecule has 0 saturated heterocycles. The van der Waals surface area contributed by atoms with E-state index in [0.717, 1.165) is 5.76 Å². The fraction of sp³-hybridized carbons (Fsp3) is 0.0667. The van der Waals surface area contributed by atoms with Gasteiger partial charge >= 0.3 is 0 Å². The number of benzene rings is 1. The van der Waals surface area contributed by atoms with Crippen LogP contribution >= 0.6 is 11.6 Å². The number of furan rings is 1. The summed E-state index contributed by atoms with van der Waals surface area (Å²) in [6, 6.07) is 11.8. The second kappa shape index (κ2) is 5.55. The zero-order valence-corrected chi connectivity index (χ0v) is 10.9. The van der Waals surface area contributed by atoms with Crippen molar-refractivity contribution in [2.45, 2.75) is 6.92 Å². The molecule has 0 radical (unpaired) electrons. The molecule has 0 unspecified atom stereocenters. The number of carbonyl (C=O) groups excluding carboxylic acids is 1. The van der Waals surface area contributed by atoms with Crippen molar-refractivity contribution in [3.8, 4) is 6.07 Å². The maximum absolute atomic E-state index is 12.1. The summed E-state index contributed by atoms with van der Waals surface area (Å²) in [6.07, 6.45) is 1.43. The smallest absolute Gasteiger partial charge is 0.203 e. The van der Waals surface area contributed by atoms with Crippen LogP contribution in [0.4, 0.5) is 0 Å². The van der Waals surface area contributed by atoms with E-state index >= 15 is 0 Å². The molecule has 0 bridgehead atoms. The van der Waals surface area contributed by atoms with Crippen molar-refractivity contribution in [2.75, 3.05) is 0 Å². The Bertz CT molecular complexity index is 675. The van der Waals surface area contributed by atoms with Crippen LogP contribution < -0.4 is 0 Å². The summed E-state index contributed by atoms with van der Waals surface area (Å²) >= 11 is 5.76. The van der Waals surface area contributed by atoms with E-state index in [9.17, 15) is 4.79 Å². The lowest BCUT2D eigenvalue weighted by Gasteiger charge is -1.99. The number of rotatable bonds is 3. The van der Waals surface area contributed by atoms with Crippen molar-refractivity contribution >= 4 is 23.5 Å². The summed E-state index contributed by atoms with van der Waals surface area (Å²) < 4.78 is 5.32. The summed E-state index contributed by atoms with van der Waals surface area (Å²) in [5.41, 5.74) is 0.442. The molecule has 0 spiro atoms. The van der Waals surface area contributed by atoms with Crippen molar-refractivity contribution in [3.05, 3.63) is 64.1 Å². The average Bonchev–Trinajstić information content (AvgIpc) is 2.81. The number of ketones is 1. The van der Waals surface area contributed by atoms with Gasteiger partial charge in [-0.05, 0) is 43.3 Å². The van der Waals surface area contributed by atoms with Gasteiger partial charge in [-0.15, -0.1) is 0 Å². The minimum absolute atomic E-state index is 0.0247. The van der Waals surface area contributed by atoms with Crippen LogP contribution in [0.3, 0.4) is 0 Å². The predicted molar refractivity (Wildman–Crippen MR) is 72.8 cm³/mol. The Kier molecular flexibility index (Phi) is 3.84. The maximum Gasteiger partial charge on any atom is 0.203 e. The normalized spacial score (nSPS) is 11.1. The van der Waals surface area contributed by atoms with Crippen molar-refractivity contribution in [1.82, 2.24) is 0 Å². The summed E-state index contributed by atoms with van der Waals surface area (Å²) in [4.78, 5) is 12.1. The molecule has 1 aromatic carbocycles. The molecule has 0 saturated carbocycles. The van der Waals surface area contributed by atoms with Gasteiger partial charge in [0.05, 0.1) is 0 Å². The maximum atomic E-state index is 12.1. The third-order valence-corrected chi connectivity index (χ3v) is 2.77. The highest BCUT2D eigenvalue weighted by Crippen LogP contribution is 2.16. The molecule has 0 aliphatic carbocycles. The van der Waals surface area contributed by atoms with Gasteiger partial charge in [0.25, 0.3) is 0 Å². The molecule has 0 fully saturated rings. The van der Waals surface area contributed by atoms with Crippen LogP contribution in [0.25, 0.3) is 6.08 Å². The van der Waals surface area contributed by atoms with Crippen molar-refractivity contribution in [1.29, 1.82) is 5.26 Å². The lowest BCUT2D eigenvalue weighted by Crippen LogP contribution is -2.01. The van der Waals surface area contributed by atoms with Crippen LogP contribution in [0.5, 0.6) is 0 Å². The molecule has 0 atom stereocenters. The zero-order valence-electron chi connectivity index (χ0n) is 10.2. The SMILES string of the molecule is Cc1ccc(/C=C(\C#N)C(=O)c2ccc(Cl)cc2)o1. The van der Waals surface area contributed by atoms with Crippen LogP contribution in [0.1, 0.15) is 21.9 Å². The van der Waals surface area contributed by atoms with Crippen LogP contribution in [0.2, 0.25) is 5.02 Å². The van der Waals surface area contributed by atoms with E-state index in [1.54, 1.807) is 43.3 Å². The second-order valence-corrected chi connectivity index (χ2v) is 4.39. The standard InChI is InChI=1S/C15H10ClNO2/c1-10-2-7-14(19-10)8-12(9-17)15(18)11-3-5-13(16)6-4-11/h2-8H,1H3/b12-8+. The molecule has 19 heavy (non-hydrogen) atoms. The van der Waals surface area contributed by atoms with Crippen LogP contribution in [0, 0.1) is 18.3 Å². The summed E-state index contributed by atoms with van der Waals surface area (Å²) in [5.74, 6) is 0.854.